The van der Waals surface area contributed by atoms with Gasteiger partial charge in [0.15, 0.2) is 5.78 Å². The van der Waals surface area contributed by atoms with Crippen molar-refractivity contribution >= 4 is 33.4 Å². The molecule has 0 bridgehead atoms. The van der Waals surface area contributed by atoms with Gasteiger partial charge in [0.05, 0.1) is 23.1 Å². The summed E-state index contributed by atoms with van der Waals surface area (Å²) in [7, 11) is 0. The van der Waals surface area contributed by atoms with Crippen molar-refractivity contribution in [3.05, 3.63) is 98.8 Å². The maximum atomic E-state index is 13.5. The molecule has 0 saturated carbocycles. The first-order chi connectivity index (χ1) is 17.9. The van der Waals surface area contributed by atoms with Crippen LogP contribution in [0.15, 0.2) is 86.2 Å². The highest BCUT2D eigenvalue weighted by atomic mass is 79.9. The highest BCUT2D eigenvalue weighted by molar-refractivity contribution is 9.10. The van der Waals surface area contributed by atoms with Gasteiger partial charge < -0.3 is 19.8 Å². The summed E-state index contributed by atoms with van der Waals surface area (Å²) in [6, 6.07) is 15.9. The number of benzene rings is 1. The minimum atomic E-state index is -0.650. The third-order valence-electron chi connectivity index (χ3n) is 6.32. The standard InChI is InChI=1S/C28H23BrN4O4/c1-16-25(28(35)33-24-12-7-18(29)14-31-24)27(26-21(32-16)3-2-4-22(26)34)23-11-10-20(37-23)15-36-19-8-5-17(13-30)6-9-19/h5-12,14,27,32H,2-4,15H2,1H3,(H,31,33,35)/t27-/m0/s1. The van der Waals surface area contributed by atoms with Crippen LogP contribution in [0.1, 0.15) is 49.2 Å². The van der Waals surface area contributed by atoms with Gasteiger partial charge in [0.25, 0.3) is 5.91 Å². The first kappa shape index (κ1) is 24.5. The Hall–Kier alpha value is -4.16. The van der Waals surface area contributed by atoms with E-state index in [0.717, 1.165) is 23.0 Å². The summed E-state index contributed by atoms with van der Waals surface area (Å²) in [6.07, 6.45) is 3.52. The lowest BCUT2D eigenvalue weighted by Gasteiger charge is -2.33. The molecule has 0 radical (unpaired) electrons. The van der Waals surface area contributed by atoms with Gasteiger partial charge in [-0.05, 0) is 84.2 Å². The summed E-state index contributed by atoms with van der Waals surface area (Å²) in [5, 5.41) is 15.1. The van der Waals surface area contributed by atoms with Crippen molar-refractivity contribution < 1.29 is 18.7 Å². The molecule has 9 heteroatoms. The van der Waals surface area contributed by atoms with Gasteiger partial charge in [0, 0.05) is 34.1 Å². The largest absolute Gasteiger partial charge is 0.486 e. The van der Waals surface area contributed by atoms with Crippen LogP contribution in [0.3, 0.4) is 0 Å². The number of amides is 1. The van der Waals surface area contributed by atoms with Gasteiger partial charge in [0.2, 0.25) is 0 Å². The van der Waals surface area contributed by atoms with E-state index in [1.54, 1.807) is 54.7 Å². The predicted molar refractivity (Wildman–Crippen MR) is 139 cm³/mol. The van der Waals surface area contributed by atoms with Crippen molar-refractivity contribution in [3.8, 4) is 11.8 Å². The smallest absolute Gasteiger partial charge is 0.255 e. The second kappa shape index (κ2) is 10.4. The van der Waals surface area contributed by atoms with Crippen LogP contribution in [0.4, 0.5) is 5.82 Å². The Kier molecular flexibility index (Phi) is 6.93. The van der Waals surface area contributed by atoms with Gasteiger partial charge >= 0.3 is 0 Å². The van der Waals surface area contributed by atoms with Crippen LogP contribution in [0, 0.1) is 11.3 Å². The van der Waals surface area contributed by atoms with E-state index in [1.807, 2.05) is 6.92 Å². The van der Waals surface area contributed by atoms with Crippen LogP contribution in [0.2, 0.25) is 0 Å². The number of rotatable bonds is 6. The van der Waals surface area contributed by atoms with Crippen LogP contribution in [0.25, 0.3) is 0 Å². The monoisotopic (exact) mass is 558 g/mol. The number of Topliss-reactive ketones (excluding diaryl/α,β-unsaturated/α-hetero) is 1. The Morgan fingerprint density at radius 2 is 2.03 bits per heavy atom. The van der Waals surface area contributed by atoms with E-state index in [-0.39, 0.29) is 18.3 Å². The molecule has 8 nitrogen and oxygen atoms in total. The van der Waals surface area contributed by atoms with Crippen LogP contribution < -0.4 is 15.4 Å². The molecule has 0 spiro atoms. The number of furan rings is 1. The highest BCUT2D eigenvalue weighted by Gasteiger charge is 2.40. The zero-order valence-corrected chi connectivity index (χ0v) is 21.6. The topological polar surface area (TPSA) is 117 Å². The maximum Gasteiger partial charge on any atom is 0.255 e. The van der Waals surface area contributed by atoms with Crippen molar-refractivity contribution in [3.63, 3.8) is 0 Å². The molecule has 1 atom stereocenters. The molecule has 37 heavy (non-hydrogen) atoms. The molecule has 1 aromatic carbocycles. The zero-order chi connectivity index (χ0) is 25.9. The van der Waals surface area contributed by atoms with Crippen molar-refractivity contribution in [2.45, 2.75) is 38.7 Å². The first-order valence-electron chi connectivity index (χ1n) is 11.8. The van der Waals surface area contributed by atoms with E-state index in [9.17, 15) is 9.59 Å². The van der Waals surface area contributed by atoms with Crippen molar-refractivity contribution in [2.75, 3.05) is 5.32 Å². The Bertz CT molecular complexity index is 1460. The fraction of sp³-hybridized carbons (Fsp3) is 0.214. The maximum absolute atomic E-state index is 13.5. The van der Waals surface area contributed by atoms with Crippen LogP contribution in [-0.2, 0) is 16.2 Å². The molecule has 2 aliphatic rings. The Balaban J connectivity index is 1.44. The average molecular weight is 559 g/mol. The molecule has 0 unspecified atom stereocenters. The number of hydrogen-bond acceptors (Lipinski definition) is 7. The summed E-state index contributed by atoms with van der Waals surface area (Å²) >= 11 is 3.35. The second-order valence-corrected chi connectivity index (χ2v) is 9.73. The predicted octanol–water partition coefficient (Wildman–Crippen LogP) is 5.49. The van der Waals surface area contributed by atoms with Gasteiger partial charge in [-0.15, -0.1) is 0 Å². The SMILES string of the molecule is CC1=C(C(=O)Nc2ccc(Br)cn2)[C@H](c2ccc(COc3ccc(C#N)cc3)o2)C2=C(CCCC2=O)N1. The normalized spacial score (nSPS) is 17.1. The fourth-order valence-electron chi connectivity index (χ4n) is 4.61. The Morgan fingerprint density at radius 1 is 1.22 bits per heavy atom. The van der Waals surface area contributed by atoms with Gasteiger partial charge in [-0.1, -0.05) is 0 Å². The van der Waals surface area contributed by atoms with Crippen molar-refractivity contribution in [1.29, 1.82) is 5.26 Å². The fourth-order valence-corrected chi connectivity index (χ4v) is 4.84. The number of carbonyl (C=O) groups excluding carboxylic acids is 2. The third kappa shape index (κ3) is 5.20. The van der Waals surface area contributed by atoms with Gasteiger partial charge in [0.1, 0.15) is 29.7 Å². The lowest BCUT2D eigenvalue weighted by Crippen LogP contribution is -2.35. The molecule has 186 valence electrons. The number of halogens is 1. The summed E-state index contributed by atoms with van der Waals surface area (Å²) in [4.78, 5) is 30.8. The number of ether oxygens (including phenoxy) is 1. The summed E-state index contributed by atoms with van der Waals surface area (Å²) < 4.78 is 12.8. The number of aromatic nitrogens is 1. The molecule has 2 N–H and O–H groups in total. The molecular weight excluding hydrogens is 536 g/mol. The molecule has 2 aromatic heterocycles. The van der Waals surface area contributed by atoms with Gasteiger partial charge in [-0.2, -0.15) is 5.26 Å². The van der Waals surface area contributed by atoms with Crippen LogP contribution >= 0.6 is 15.9 Å². The molecule has 3 heterocycles. The number of ketones is 1. The first-order valence-corrected chi connectivity index (χ1v) is 12.6. The number of nitriles is 1. The molecule has 0 fully saturated rings. The highest BCUT2D eigenvalue weighted by Crippen LogP contribution is 2.43. The molecule has 1 amide bonds. The third-order valence-corrected chi connectivity index (χ3v) is 6.79. The molecule has 1 aliphatic heterocycles. The molecule has 1 aliphatic carbocycles. The minimum Gasteiger partial charge on any atom is -0.486 e. The number of anilines is 1. The Labute approximate surface area is 222 Å². The zero-order valence-electron chi connectivity index (χ0n) is 20.0. The molecule has 0 saturated heterocycles. The van der Waals surface area contributed by atoms with Crippen molar-refractivity contribution in [2.24, 2.45) is 0 Å². The number of nitrogens with one attached hydrogen (secondary N) is 2. The number of carbonyl (C=O) groups is 2. The number of hydrogen-bond donors (Lipinski definition) is 2. The molecular formula is C28H23BrN4O4. The molecule has 5 rings (SSSR count). The lowest BCUT2D eigenvalue weighted by atomic mass is 9.77. The Morgan fingerprint density at radius 3 is 2.76 bits per heavy atom. The molecule has 3 aromatic rings. The van der Waals surface area contributed by atoms with E-state index >= 15 is 0 Å². The quantitative estimate of drug-likeness (QED) is 0.410. The average Bonchev–Trinajstić information content (AvgIpc) is 3.37. The van der Waals surface area contributed by atoms with E-state index in [0.29, 0.717) is 51.9 Å². The van der Waals surface area contributed by atoms with E-state index in [2.05, 4.69) is 37.6 Å². The number of dihydropyridines is 1. The summed E-state index contributed by atoms with van der Waals surface area (Å²) in [5.74, 6) is 1.04. The van der Waals surface area contributed by atoms with E-state index in [1.165, 1.54) is 0 Å². The van der Waals surface area contributed by atoms with Gasteiger partial charge in [-0.25, -0.2) is 4.98 Å². The summed E-state index contributed by atoms with van der Waals surface area (Å²) in [6.45, 7) is 1.99. The number of allylic oxidation sites excluding steroid dienone is 3. The van der Waals surface area contributed by atoms with Crippen molar-refractivity contribution in [1.82, 2.24) is 10.3 Å². The van der Waals surface area contributed by atoms with Crippen LogP contribution in [-0.4, -0.2) is 16.7 Å². The summed E-state index contributed by atoms with van der Waals surface area (Å²) in [5.41, 5.74) is 3.03. The second-order valence-electron chi connectivity index (χ2n) is 8.81. The van der Waals surface area contributed by atoms with E-state index in [4.69, 9.17) is 14.4 Å². The minimum absolute atomic E-state index is 0.00472. The number of nitrogens with zero attached hydrogens (tertiary/aromatic N) is 2. The van der Waals surface area contributed by atoms with Crippen LogP contribution in [0.5, 0.6) is 5.75 Å². The van der Waals surface area contributed by atoms with E-state index < -0.39 is 5.92 Å². The number of pyridine rings is 1. The van der Waals surface area contributed by atoms with Gasteiger partial charge in [-0.3, -0.25) is 9.59 Å². The lowest BCUT2D eigenvalue weighted by molar-refractivity contribution is -0.116.